The number of carbonyl (C=O) groups is 2. The highest BCUT2D eigenvalue weighted by molar-refractivity contribution is 5.76. The number of carboxylic acid groups (broad SMARTS) is 1. The van der Waals surface area contributed by atoms with Gasteiger partial charge in [-0.25, -0.2) is 4.79 Å². The summed E-state index contributed by atoms with van der Waals surface area (Å²) in [5, 5.41) is 7.88. The molecular formula is C4H7NO4. The van der Waals surface area contributed by atoms with Crippen LogP contribution in [0, 0.1) is 0 Å². The molecule has 0 aromatic heterocycles. The van der Waals surface area contributed by atoms with Gasteiger partial charge < -0.3 is 5.11 Å². The Kier molecular flexibility index (Phi) is 3.38. The van der Waals surface area contributed by atoms with Crippen LogP contribution in [0.15, 0.2) is 0 Å². The minimum Gasteiger partial charge on any atom is -0.464 e. The van der Waals surface area contributed by atoms with E-state index in [1.807, 2.05) is 0 Å². The summed E-state index contributed by atoms with van der Waals surface area (Å²) in [6, 6.07) is 0. The molecule has 0 atom stereocenters. The lowest BCUT2D eigenvalue weighted by molar-refractivity contribution is -0.123. The molecule has 0 saturated carbocycles. The van der Waals surface area contributed by atoms with Crippen molar-refractivity contribution in [1.82, 2.24) is 5.48 Å². The van der Waals surface area contributed by atoms with E-state index in [1.165, 1.54) is 6.92 Å². The van der Waals surface area contributed by atoms with E-state index in [1.54, 1.807) is 5.48 Å². The summed E-state index contributed by atoms with van der Waals surface area (Å²) in [7, 11) is 0. The molecule has 0 heterocycles. The smallest absolute Gasteiger partial charge is 0.428 e. The SMILES string of the molecule is CC(=O)CONC(=O)O. The number of rotatable bonds is 3. The fourth-order valence-electron chi connectivity index (χ4n) is 0.199. The summed E-state index contributed by atoms with van der Waals surface area (Å²) >= 11 is 0. The van der Waals surface area contributed by atoms with Crippen molar-refractivity contribution >= 4 is 11.9 Å². The molecule has 0 aliphatic rings. The average molecular weight is 133 g/mol. The monoisotopic (exact) mass is 133 g/mol. The lowest BCUT2D eigenvalue weighted by atomic mass is 10.5. The lowest BCUT2D eigenvalue weighted by Crippen LogP contribution is -2.23. The van der Waals surface area contributed by atoms with Crippen molar-refractivity contribution in [1.29, 1.82) is 0 Å². The van der Waals surface area contributed by atoms with Gasteiger partial charge in [0.2, 0.25) is 0 Å². The second kappa shape index (κ2) is 3.85. The molecule has 0 radical (unpaired) electrons. The molecule has 5 heteroatoms. The van der Waals surface area contributed by atoms with Gasteiger partial charge in [0.15, 0.2) is 5.78 Å². The van der Waals surface area contributed by atoms with Crippen molar-refractivity contribution in [2.24, 2.45) is 0 Å². The van der Waals surface area contributed by atoms with Crippen molar-refractivity contribution < 1.29 is 19.5 Å². The zero-order chi connectivity index (χ0) is 7.28. The molecule has 0 aromatic carbocycles. The molecule has 0 aliphatic carbocycles. The Hall–Kier alpha value is -1.10. The highest BCUT2D eigenvalue weighted by Gasteiger charge is 1.94. The Bertz CT molecular complexity index is 108. The van der Waals surface area contributed by atoms with E-state index in [0.29, 0.717) is 0 Å². The molecule has 0 fully saturated rings. The normalized spacial score (nSPS) is 8.56. The highest BCUT2D eigenvalue weighted by Crippen LogP contribution is 1.69. The first-order valence-electron chi connectivity index (χ1n) is 2.23. The topological polar surface area (TPSA) is 75.6 Å². The van der Waals surface area contributed by atoms with Gasteiger partial charge in [-0.3, -0.25) is 9.63 Å². The van der Waals surface area contributed by atoms with Crippen LogP contribution in [0.2, 0.25) is 0 Å². The highest BCUT2D eigenvalue weighted by atomic mass is 16.7. The summed E-state index contributed by atoms with van der Waals surface area (Å²) in [5.74, 6) is -0.233. The number of Topliss-reactive ketones (excluding diaryl/α,β-unsaturated/α-hetero) is 1. The molecule has 2 N–H and O–H groups in total. The maximum absolute atomic E-state index is 10.1. The Morgan fingerprint density at radius 3 is 2.56 bits per heavy atom. The third-order valence-corrected chi connectivity index (χ3v) is 0.435. The van der Waals surface area contributed by atoms with Crippen LogP contribution in [-0.4, -0.2) is 23.6 Å². The van der Waals surface area contributed by atoms with E-state index in [-0.39, 0.29) is 12.4 Å². The number of amides is 1. The van der Waals surface area contributed by atoms with Crippen molar-refractivity contribution in [3.63, 3.8) is 0 Å². The van der Waals surface area contributed by atoms with Gasteiger partial charge in [0, 0.05) is 0 Å². The van der Waals surface area contributed by atoms with Gasteiger partial charge in [0.1, 0.15) is 6.61 Å². The second-order valence-electron chi connectivity index (χ2n) is 1.40. The largest absolute Gasteiger partial charge is 0.464 e. The van der Waals surface area contributed by atoms with Crippen LogP contribution in [0.25, 0.3) is 0 Å². The van der Waals surface area contributed by atoms with Crippen LogP contribution < -0.4 is 5.48 Å². The molecule has 1 amide bonds. The van der Waals surface area contributed by atoms with Gasteiger partial charge >= 0.3 is 6.09 Å². The summed E-state index contributed by atoms with van der Waals surface area (Å²) in [6.07, 6.45) is -1.31. The third-order valence-electron chi connectivity index (χ3n) is 0.435. The molecule has 52 valence electrons. The number of hydrogen-bond donors (Lipinski definition) is 2. The first-order chi connectivity index (χ1) is 4.13. The van der Waals surface area contributed by atoms with E-state index < -0.39 is 6.09 Å². The average Bonchev–Trinajstić information content (AvgIpc) is 1.63. The third kappa shape index (κ3) is 6.90. The molecule has 0 aromatic rings. The molecule has 0 spiro atoms. The number of hydrogen-bond acceptors (Lipinski definition) is 3. The van der Waals surface area contributed by atoms with Crippen molar-refractivity contribution in [2.45, 2.75) is 6.92 Å². The molecule has 0 saturated heterocycles. The summed E-state index contributed by atoms with van der Waals surface area (Å²) < 4.78 is 0. The summed E-state index contributed by atoms with van der Waals surface area (Å²) in [5.41, 5.74) is 1.57. The lowest BCUT2D eigenvalue weighted by Gasteiger charge is -1.96. The number of carbonyl (C=O) groups excluding carboxylic acids is 1. The van der Waals surface area contributed by atoms with Crippen LogP contribution >= 0.6 is 0 Å². The van der Waals surface area contributed by atoms with Crippen molar-refractivity contribution in [3.05, 3.63) is 0 Å². The Labute approximate surface area is 51.6 Å². The predicted molar refractivity (Wildman–Crippen MR) is 27.8 cm³/mol. The van der Waals surface area contributed by atoms with Gasteiger partial charge in [-0.2, -0.15) is 5.48 Å². The van der Waals surface area contributed by atoms with Crippen LogP contribution in [0.1, 0.15) is 6.92 Å². The maximum Gasteiger partial charge on any atom is 0.428 e. The van der Waals surface area contributed by atoms with Gasteiger partial charge in [0.05, 0.1) is 0 Å². The zero-order valence-electron chi connectivity index (χ0n) is 4.88. The Morgan fingerprint density at radius 1 is 1.67 bits per heavy atom. The summed E-state index contributed by atoms with van der Waals surface area (Å²) in [4.78, 5) is 23.9. The first-order valence-corrected chi connectivity index (χ1v) is 2.23. The van der Waals surface area contributed by atoms with Crippen molar-refractivity contribution in [3.8, 4) is 0 Å². The molecule has 0 aliphatic heterocycles. The van der Waals surface area contributed by atoms with Crippen molar-refractivity contribution in [2.75, 3.05) is 6.61 Å². The van der Waals surface area contributed by atoms with E-state index in [9.17, 15) is 9.59 Å². The standard InChI is InChI=1S/C4H7NO4/c1-3(6)2-9-5-4(7)8/h5H,2H2,1H3,(H,7,8). The number of hydroxylamine groups is 1. The van der Waals surface area contributed by atoms with Crippen LogP contribution in [0.4, 0.5) is 4.79 Å². The number of ketones is 1. The van der Waals surface area contributed by atoms with Crippen LogP contribution in [0.3, 0.4) is 0 Å². The molecule has 0 bridgehead atoms. The molecule has 0 unspecified atom stereocenters. The van der Waals surface area contributed by atoms with E-state index in [2.05, 4.69) is 4.84 Å². The van der Waals surface area contributed by atoms with E-state index in [0.717, 1.165) is 0 Å². The minimum atomic E-state index is -1.31. The van der Waals surface area contributed by atoms with Gasteiger partial charge in [-0.15, -0.1) is 0 Å². The van der Waals surface area contributed by atoms with Gasteiger partial charge in [-0.1, -0.05) is 0 Å². The zero-order valence-corrected chi connectivity index (χ0v) is 4.88. The Morgan fingerprint density at radius 2 is 2.22 bits per heavy atom. The fourth-order valence-corrected chi connectivity index (χ4v) is 0.199. The van der Waals surface area contributed by atoms with Gasteiger partial charge in [-0.05, 0) is 6.92 Å². The maximum atomic E-state index is 10.1. The van der Waals surface area contributed by atoms with E-state index >= 15 is 0 Å². The fraction of sp³-hybridized carbons (Fsp3) is 0.500. The molecule has 9 heavy (non-hydrogen) atoms. The molecule has 0 rings (SSSR count). The van der Waals surface area contributed by atoms with Crippen LogP contribution in [-0.2, 0) is 9.63 Å². The quantitative estimate of drug-likeness (QED) is 0.521. The Balaban J connectivity index is 3.10. The van der Waals surface area contributed by atoms with Gasteiger partial charge in [0.25, 0.3) is 0 Å². The minimum absolute atomic E-state index is 0.230. The number of nitrogens with one attached hydrogen (secondary N) is 1. The van der Waals surface area contributed by atoms with E-state index in [4.69, 9.17) is 5.11 Å². The molecular weight excluding hydrogens is 126 g/mol. The first kappa shape index (κ1) is 7.90. The predicted octanol–water partition coefficient (Wildman–Crippen LogP) is -0.225. The van der Waals surface area contributed by atoms with Crippen LogP contribution in [0.5, 0.6) is 0 Å². The molecule has 5 nitrogen and oxygen atoms in total. The summed E-state index contributed by atoms with van der Waals surface area (Å²) in [6.45, 7) is 1.07. The second-order valence-corrected chi connectivity index (χ2v) is 1.40.